The van der Waals surface area contributed by atoms with Crippen LogP contribution in [0, 0.1) is 6.92 Å². The van der Waals surface area contributed by atoms with Gasteiger partial charge in [-0.25, -0.2) is 4.98 Å². The van der Waals surface area contributed by atoms with Crippen molar-refractivity contribution in [1.29, 1.82) is 0 Å². The zero-order chi connectivity index (χ0) is 8.43. The van der Waals surface area contributed by atoms with Crippen LogP contribution in [0.25, 0.3) is 0 Å². The fourth-order valence-corrected chi connectivity index (χ4v) is 0.998. The maximum absolute atomic E-state index is 9.16. The monoisotopic (exact) mass is 217 g/mol. The van der Waals surface area contributed by atoms with Crippen LogP contribution in [0.3, 0.4) is 0 Å². The highest BCUT2D eigenvalue weighted by Gasteiger charge is 2.05. The fourth-order valence-electron chi connectivity index (χ4n) is 0.702. The van der Waals surface area contributed by atoms with Gasteiger partial charge >= 0.3 is 0 Å². The van der Waals surface area contributed by atoms with E-state index in [1.807, 2.05) is 0 Å². The van der Waals surface area contributed by atoms with Gasteiger partial charge in [-0.15, -0.1) is 0 Å². The first-order valence-electron chi connectivity index (χ1n) is 3.05. The number of nitrogens with zero attached hydrogens (tertiary/aromatic N) is 1. The molecule has 1 N–H and O–H groups in total. The molecule has 0 spiro atoms. The number of aromatic hydroxyl groups is 1. The molecule has 0 unspecified atom stereocenters. The topological polar surface area (TPSA) is 42.4 Å². The summed E-state index contributed by atoms with van der Waals surface area (Å²) in [4.78, 5) is 3.83. The van der Waals surface area contributed by atoms with E-state index >= 15 is 0 Å². The van der Waals surface area contributed by atoms with E-state index in [9.17, 15) is 0 Å². The Bertz CT molecular complexity index is 275. The molecule has 0 aliphatic carbocycles. The minimum Gasteiger partial charge on any atom is -0.491 e. The molecular weight excluding hydrogens is 210 g/mol. The summed E-state index contributed by atoms with van der Waals surface area (Å²) in [6.45, 7) is 1.79. The first-order chi connectivity index (χ1) is 5.15. The number of aryl methyl sites for hydroxylation is 1. The predicted molar refractivity (Wildman–Crippen MR) is 44.9 cm³/mol. The van der Waals surface area contributed by atoms with E-state index in [4.69, 9.17) is 9.84 Å². The highest BCUT2D eigenvalue weighted by atomic mass is 79.9. The molecule has 0 saturated carbocycles. The van der Waals surface area contributed by atoms with E-state index in [-0.39, 0.29) is 5.88 Å². The number of halogens is 1. The minimum atomic E-state index is -0.0757. The van der Waals surface area contributed by atoms with Gasteiger partial charge in [-0.05, 0) is 22.9 Å². The van der Waals surface area contributed by atoms with E-state index in [0.717, 1.165) is 10.2 Å². The summed E-state index contributed by atoms with van der Waals surface area (Å²) < 4.78 is 5.66. The normalized spacial score (nSPS) is 9.73. The summed E-state index contributed by atoms with van der Waals surface area (Å²) in [6.07, 6.45) is 0. The van der Waals surface area contributed by atoms with Crippen molar-refractivity contribution in [2.75, 3.05) is 7.11 Å². The zero-order valence-corrected chi connectivity index (χ0v) is 7.84. The molecule has 0 radical (unpaired) electrons. The third-order valence-corrected chi connectivity index (χ3v) is 2.12. The van der Waals surface area contributed by atoms with Crippen molar-refractivity contribution >= 4 is 15.9 Å². The molecule has 1 heterocycles. The summed E-state index contributed by atoms with van der Waals surface area (Å²) in [6, 6.07) is 1.68. The molecular formula is C7H8BrNO2. The number of methoxy groups -OCH3 is 1. The summed E-state index contributed by atoms with van der Waals surface area (Å²) in [7, 11) is 1.48. The van der Waals surface area contributed by atoms with Crippen molar-refractivity contribution in [2.45, 2.75) is 6.92 Å². The Hall–Kier alpha value is -0.770. The molecule has 0 aromatic carbocycles. The molecule has 3 nitrogen and oxygen atoms in total. The molecule has 4 heteroatoms. The number of hydrogen-bond acceptors (Lipinski definition) is 3. The average Bonchev–Trinajstić information content (AvgIpc) is 1.97. The predicted octanol–water partition coefficient (Wildman–Crippen LogP) is 1.87. The molecule has 0 bridgehead atoms. The van der Waals surface area contributed by atoms with Crippen LogP contribution in [0.2, 0.25) is 0 Å². The first kappa shape index (κ1) is 8.33. The Morgan fingerprint density at radius 2 is 2.27 bits per heavy atom. The van der Waals surface area contributed by atoms with Crippen LogP contribution in [0.1, 0.15) is 5.69 Å². The quantitative estimate of drug-likeness (QED) is 0.782. The number of aromatic nitrogens is 1. The lowest BCUT2D eigenvalue weighted by Crippen LogP contribution is -1.89. The van der Waals surface area contributed by atoms with Gasteiger partial charge in [0.2, 0.25) is 0 Å². The van der Waals surface area contributed by atoms with E-state index in [2.05, 4.69) is 20.9 Å². The maximum atomic E-state index is 9.16. The highest BCUT2D eigenvalue weighted by Crippen LogP contribution is 2.28. The lowest BCUT2D eigenvalue weighted by Gasteiger charge is -2.03. The second-order valence-electron chi connectivity index (χ2n) is 2.08. The van der Waals surface area contributed by atoms with E-state index < -0.39 is 0 Å². The molecule has 0 aliphatic rings. The van der Waals surface area contributed by atoms with Gasteiger partial charge in [-0.3, -0.25) is 0 Å². The Kier molecular flexibility index (Phi) is 2.34. The van der Waals surface area contributed by atoms with Gasteiger partial charge in [0.05, 0.1) is 12.8 Å². The second-order valence-corrected chi connectivity index (χ2v) is 2.94. The SMILES string of the molecule is COc1cc(Br)c(C)nc1O. The summed E-state index contributed by atoms with van der Waals surface area (Å²) in [5, 5.41) is 9.16. The molecule has 0 atom stereocenters. The second kappa shape index (κ2) is 3.09. The number of hydrogen-bond donors (Lipinski definition) is 1. The Morgan fingerprint density at radius 3 is 2.82 bits per heavy atom. The molecule has 60 valence electrons. The fraction of sp³-hybridized carbons (Fsp3) is 0.286. The molecule has 11 heavy (non-hydrogen) atoms. The van der Waals surface area contributed by atoms with Crippen molar-refractivity contribution in [3.63, 3.8) is 0 Å². The molecule has 1 aromatic rings. The number of pyridine rings is 1. The van der Waals surface area contributed by atoms with Gasteiger partial charge in [0.1, 0.15) is 0 Å². The molecule has 0 amide bonds. The number of rotatable bonds is 1. The standard InChI is InChI=1S/C7H8BrNO2/c1-4-5(8)3-6(11-2)7(10)9-4/h3H,1-2H3,(H,9,10). The van der Waals surface area contributed by atoms with E-state index in [0.29, 0.717) is 5.75 Å². The van der Waals surface area contributed by atoms with E-state index in [1.54, 1.807) is 13.0 Å². The first-order valence-corrected chi connectivity index (χ1v) is 3.84. The van der Waals surface area contributed by atoms with Crippen LogP contribution in [0.4, 0.5) is 0 Å². The van der Waals surface area contributed by atoms with Gasteiger partial charge in [0, 0.05) is 10.5 Å². The molecule has 0 aliphatic heterocycles. The average molecular weight is 218 g/mol. The van der Waals surface area contributed by atoms with Crippen LogP contribution in [-0.4, -0.2) is 17.2 Å². The number of ether oxygens (including phenoxy) is 1. The Balaban J connectivity index is 3.21. The smallest absolute Gasteiger partial charge is 0.254 e. The zero-order valence-electron chi connectivity index (χ0n) is 6.26. The summed E-state index contributed by atoms with van der Waals surface area (Å²) in [5.41, 5.74) is 0.739. The van der Waals surface area contributed by atoms with Gasteiger partial charge in [-0.2, -0.15) is 0 Å². The lowest BCUT2D eigenvalue weighted by molar-refractivity contribution is 0.362. The largest absolute Gasteiger partial charge is 0.491 e. The summed E-state index contributed by atoms with van der Waals surface area (Å²) >= 11 is 3.27. The van der Waals surface area contributed by atoms with Gasteiger partial charge < -0.3 is 9.84 Å². The molecule has 0 fully saturated rings. The van der Waals surface area contributed by atoms with Crippen LogP contribution < -0.4 is 4.74 Å². The third-order valence-electron chi connectivity index (χ3n) is 1.32. The summed E-state index contributed by atoms with van der Waals surface area (Å²) in [5.74, 6) is 0.302. The van der Waals surface area contributed by atoms with Crippen LogP contribution >= 0.6 is 15.9 Å². The van der Waals surface area contributed by atoms with Crippen molar-refractivity contribution in [1.82, 2.24) is 4.98 Å². The van der Waals surface area contributed by atoms with Crippen molar-refractivity contribution in [3.05, 3.63) is 16.2 Å². The maximum Gasteiger partial charge on any atom is 0.254 e. The van der Waals surface area contributed by atoms with Crippen molar-refractivity contribution < 1.29 is 9.84 Å². The Labute approximate surface area is 73.2 Å². The Morgan fingerprint density at radius 1 is 1.64 bits per heavy atom. The minimum absolute atomic E-state index is 0.0757. The van der Waals surface area contributed by atoms with Gasteiger partial charge in [-0.1, -0.05) is 0 Å². The van der Waals surface area contributed by atoms with Crippen LogP contribution in [-0.2, 0) is 0 Å². The van der Waals surface area contributed by atoms with Crippen LogP contribution in [0.5, 0.6) is 11.6 Å². The molecule has 1 aromatic heterocycles. The van der Waals surface area contributed by atoms with Gasteiger partial charge in [0.15, 0.2) is 5.75 Å². The lowest BCUT2D eigenvalue weighted by atomic mass is 10.3. The van der Waals surface area contributed by atoms with E-state index in [1.165, 1.54) is 7.11 Å². The van der Waals surface area contributed by atoms with Crippen LogP contribution in [0.15, 0.2) is 10.5 Å². The highest BCUT2D eigenvalue weighted by molar-refractivity contribution is 9.10. The van der Waals surface area contributed by atoms with Crippen molar-refractivity contribution in [3.8, 4) is 11.6 Å². The van der Waals surface area contributed by atoms with Gasteiger partial charge in [0.25, 0.3) is 5.88 Å². The molecule has 0 saturated heterocycles. The van der Waals surface area contributed by atoms with Crippen molar-refractivity contribution in [2.24, 2.45) is 0 Å². The third kappa shape index (κ3) is 1.63. The molecule has 1 rings (SSSR count).